The van der Waals surface area contributed by atoms with E-state index in [1.54, 1.807) is 23.1 Å². The molecule has 2 atom stereocenters. The van der Waals surface area contributed by atoms with Crippen molar-refractivity contribution in [3.8, 4) is 5.88 Å². The molecule has 2 aromatic rings. The van der Waals surface area contributed by atoms with Gasteiger partial charge < -0.3 is 24.4 Å². The first-order valence-corrected chi connectivity index (χ1v) is 11.9. The maximum Gasteiger partial charge on any atom is 0.409 e. The molecular formula is C25H30ClN5O4. The Balaban J connectivity index is 1.46. The van der Waals surface area contributed by atoms with Crippen molar-refractivity contribution in [1.29, 1.82) is 0 Å². The Kier molecular flexibility index (Phi) is 7.33. The lowest BCUT2D eigenvalue weighted by Gasteiger charge is -2.46. The molecule has 1 N–H and O–H groups in total. The molecule has 186 valence electrons. The number of rotatable bonds is 5. The van der Waals surface area contributed by atoms with Crippen molar-refractivity contribution in [2.24, 2.45) is 17.3 Å². The van der Waals surface area contributed by atoms with Crippen LogP contribution in [0, 0.1) is 30.7 Å². The van der Waals surface area contributed by atoms with Crippen LogP contribution in [-0.2, 0) is 9.47 Å². The van der Waals surface area contributed by atoms with Gasteiger partial charge in [-0.3, -0.25) is 0 Å². The van der Waals surface area contributed by atoms with Crippen molar-refractivity contribution in [1.82, 2.24) is 14.9 Å². The number of amides is 1. The first-order chi connectivity index (χ1) is 16.6. The number of piperidine rings is 1. The van der Waals surface area contributed by atoms with Gasteiger partial charge in [-0.05, 0) is 24.5 Å². The summed E-state index contributed by atoms with van der Waals surface area (Å²) in [5, 5.41) is 3.64. The molecule has 2 fully saturated rings. The summed E-state index contributed by atoms with van der Waals surface area (Å²) in [6.45, 7) is 17.5. The fraction of sp³-hybridized carbons (Fsp3) is 0.520. The van der Waals surface area contributed by atoms with Gasteiger partial charge in [0.2, 0.25) is 5.88 Å². The van der Waals surface area contributed by atoms with Gasteiger partial charge in [0.1, 0.15) is 18.2 Å². The minimum Gasteiger partial charge on any atom is -0.473 e. The van der Waals surface area contributed by atoms with E-state index in [1.807, 2.05) is 27.7 Å². The van der Waals surface area contributed by atoms with Crippen LogP contribution in [0.25, 0.3) is 4.85 Å². The summed E-state index contributed by atoms with van der Waals surface area (Å²) in [5.74, 6) is 1.05. The average molecular weight is 500 g/mol. The van der Waals surface area contributed by atoms with Gasteiger partial charge in [-0.15, -0.1) is 0 Å². The van der Waals surface area contributed by atoms with Crippen molar-refractivity contribution < 1.29 is 19.0 Å². The van der Waals surface area contributed by atoms with Crippen molar-refractivity contribution in [2.45, 2.75) is 33.8 Å². The van der Waals surface area contributed by atoms with Gasteiger partial charge in [-0.1, -0.05) is 38.4 Å². The molecule has 2 bridgehead atoms. The van der Waals surface area contributed by atoms with Gasteiger partial charge in [0.15, 0.2) is 5.69 Å². The predicted molar refractivity (Wildman–Crippen MR) is 132 cm³/mol. The molecule has 35 heavy (non-hydrogen) atoms. The average Bonchev–Trinajstić information content (AvgIpc) is 2.80. The summed E-state index contributed by atoms with van der Waals surface area (Å²) in [6, 6.07) is 5.04. The Morgan fingerprint density at radius 1 is 1.29 bits per heavy atom. The minimum absolute atomic E-state index is 0.00562. The summed E-state index contributed by atoms with van der Waals surface area (Å²) in [6.07, 6.45) is 1.01. The van der Waals surface area contributed by atoms with E-state index in [9.17, 15) is 4.79 Å². The number of anilines is 2. The van der Waals surface area contributed by atoms with Gasteiger partial charge in [0.05, 0.1) is 42.7 Å². The van der Waals surface area contributed by atoms with E-state index in [-0.39, 0.29) is 29.4 Å². The lowest BCUT2D eigenvalue weighted by molar-refractivity contribution is -0.110. The fourth-order valence-electron chi connectivity index (χ4n) is 4.22. The van der Waals surface area contributed by atoms with Crippen molar-refractivity contribution in [2.75, 3.05) is 38.2 Å². The zero-order valence-corrected chi connectivity index (χ0v) is 21.1. The fourth-order valence-corrected chi connectivity index (χ4v) is 4.44. The highest BCUT2D eigenvalue weighted by atomic mass is 35.5. The monoisotopic (exact) mass is 499 g/mol. The second kappa shape index (κ2) is 10.3. The SMILES string of the molecule is [C-]#[N+]c1ccc(Nc2ncnc(OC3C4COCC3CN(C(=O)OCC(C)(C)C)C4)c2C)c(Cl)c1. The third-order valence-electron chi connectivity index (χ3n) is 6.01. The Morgan fingerprint density at radius 3 is 2.63 bits per heavy atom. The molecule has 3 heterocycles. The molecule has 4 rings (SSSR count). The van der Waals surface area contributed by atoms with Crippen LogP contribution < -0.4 is 10.1 Å². The first kappa shape index (κ1) is 25.0. The molecule has 2 unspecified atom stereocenters. The van der Waals surface area contributed by atoms with E-state index < -0.39 is 0 Å². The number of carbonyl (C=O) groups excluding carboxylic acids is 1. The van der Waals surface area contributed by atoms with Gasteiger partial charge in [0, 0.05) is 24.9 Å². The molecule has 1 aromatic heterocycles. The number of nitrogens with zero attached hydrogens (tertiary/aromatic N) is 4. The molecule has 0 spiro atoms. The van der Waals surface area contributed by atoms with Gasteiger partial charge in [0.25, 0.3) is 0 Å². The van der Waals surface area contributed by atoms with Gasteiger partial charge >= 0.3 is 6.09 Å². The van der Waals surface area contributed by atoms with Gasteiger partial charge in [-0.25, -0.2) is 19.6 Å². The van der Waals surface area contributed by atoms with E-state index in [2.05, 4.69) is 20.1 Å². The van der Waals surface area contributed by atoms with Crippen LogP contribution in [0.2, 0.25) is 5.02 Å². The van der Waals surface area contributed by atoms with Gasteiger partial charge in [-0.2, -0.15) is 0 Å². The van der Waals surface area contributed by atoms with Crippen LogP contribution in [0.5, 0.6) is 5.88 Å². The summed E-state index contributed by atoms with van der Waals surface area (Å²) < 4.78 is 17.7. The lowest BCUT2D eigenvalue weighted by Crippen LogP contribution is -2.58. The Hall–Kier alpha value is -3.09. The molecule has 2 aliphatic rings. The topological polar surface area (TPSA) is 90.2 Å². The smallest absolute Gasteiger partial charge is 0.409 e. The minimum atomic E-state index is -0.291. The van der Waals surface area contributed by atoms with Crippen molar-refractivity contribution in [3.05, 3.63) is 46.5 Å². The number of carbonyl (C=O) groups is 1. The second-order valence-electron chi connectivity index (χ2n) is 10.2. The Bertz CT molecular complexity index is 1120. The normalized spacial score (nSPS) is 21.7. The Labute approximate surface area is 210 Å². The van der Waals surface area contributed by atoms with Crippen LogP contribution >= 0.6 is 11.6 Å². The highest BCUT2D eigenvalue weighted by molar-refractivity contribution is 6.33. The zero-order chi connectivity index (χ0) is 25.2. The molecule has 1 amide bonds. The lowest BCUT2D eigenvalue weighted by atomic mass is 9.84. The number of benzene rings is 1. The summed E-state index contributed by atoms with van der Waals surface area (Å²) >= 11 is 6.32. The zero-order valence-electron chi connectivity index (χ0n) is 20.4. The van der Waals surface area contributed by atoms with Crippen LogP contribution in [0.1, 0.15) is 26.3 Å². The van der Waals surface area contributed by atoms with E-state index in [1.165, 1.54) is 6.33 Å². The van der Waals surface area contributed by atoms with Crippen molar-refractivity contribution in [3.63, 3.8) is 0 Å². The number of nitrogens with one attached hydrogen (secondary N) is 1. The molecule has 0 aliphatic carbocycles. The molecule has 1 aromatic carbocycles. The number of hydrogen-bond donors (Lipinski definition) is 1. The third kappa shape index (κ3) is 5.95. The Morgan fingerprint density at radius 2 is 2.00 bits per heavy atom. The highest BCUT2D eigenvalue weighted by Gasteiger charge is 2.44. The van der Waals surface area contributed by atoms with Crippen LogP contribution in [0.3, 0.4) is 0 Å². The molecule has 0 saturated carbocycles. The van der Waals surface area contributed by atoms with E-state index in [4.69, 9.17) is 32.4 Å². The summed E-state index contributed by atoms with van der Waals surface area (Å²) in [4.78, 5) is 26.5. The number of hydrogen-bond acceptors (Lipinski definition) is 7. The molecular weight excluding hydrogens is 470 g/mol. The third-order valence-corrected chi connectivity index (χ3v) is 6.32. The number of fused-ring (bicyclic) bond motifs is 2. The first-order valence-electron chi connectivity index (χ1n) is 11.6. The molecule has 0 radical (unpaired) electrons. The maximum atomic E-state index is 12.6. The number of aromatic nitrogens is 2. The van der Waals surface area contributed by atoms with Crippen LogP contribution in [-0.4, -0.2) is 60.0 Å². The molecule has 2 aliphatic heterocycles. The van der Waals surface area contributed by atoms with E-state index >= 15 is 0 Å². The van der Waals surface area contributed by atoms with Crippen LogP contribution in [0.4, 0.5) is 22.0 Å². The highest BCUT2D eigenvalue weighted by Crippen LogP contribution is 2.35. The standard InChI is InChI=1S/C25H30ClN5O4/c1-15-22(30-20-7-6-18(27-5)8-19(20)26)28-14-29-23(15)35-21-16-9-31(10-17(21)12-33-11-16)24(32)34-13-25(2,3)4/h6-8,14,16-17,21H,9-13H2,1-4H3,(H,28,29,30). The molecule has 10 heteroatoms. The summed E-state index contributed by atoms with van der Waals surface area (Å²) in [5.41, 5.74) is 1.75. The predicted octanol–water partition coefficient (Wildman–Crippen LogP) is 5.24. The van der Waals surface area contributed by atoms with Crippen molar-refractivity contribution >= 4 is 34.9 Å². The second-order valence-corrected chi connectivity index (χ2v) is 10.6. The number of halogens is 1. The summed E-state index contributed by atoms with van der Waals surface area (Å²) in [7, 11) is 0. The largest absolute Gasteiger partial charge is 0.473 e. The molecule has 9 nitrogen and oxygen atoms in total. The number of ether oxygens (including phenoxy) is 3. The maximum absolute atomic E-state index is 12.6. The molecule has 2 saturated heterocycles. The quantitative estimate of drug-likeness (QED) is 0.562. The number of likely N-dealkylation sites (tertiary alicyclic amines) is 1. The van der Waals surface area contributed by atoms with E-state index in [0.717, 1.165) is 5.56 Å². The van der Waals surface area contributed by atoms with E-state index in [0.29, 0.717) is 61.0 Å². The van der Waals surface area contributed by atoms with Crippen LogP contribution in [0.15, 0.2) is 24.5 Å².